The molecule has 2 N–H and O–H groups in total. The lowest BCUT2D eigenvalue weighted by molar-refractivity contribution is -0.130. The van der Waals surface area contributed by atoms with Crippen LogP contribution in [0.15, 0.2) is 42.7 Å². The summed E-state index contributed by atoms with van der Waals surface area (Å²) in [5.74, 6) is 0.616. The Labute approximate surface area is 141 Å². The number of aliphatic hydroxyl groups excluding tert-OH is 1. The topological polar surface area (TPSA) is 78.4 Å². The number of piperidine rings is 1. The number of anilines is 1. The van der Waals surface area contributed by atoms with E-state index in [2.05, 4.69) is 20.2 Å². The second-order valence-electron chi connectivity index (χ2n) is 6.10. The van der Waals surface area contributed by atoms with Gasteiger partial charge in [-0.05, 0) is 38.0 Å². The normalized spacial score (nSPS) is 16.7. The molecule has 2 aromatic rings. The molecule has 1 amide bonds. The summed E-state index contributed by atoms with van der Waals surface area (Å²) in [5, 5.41) is 13.0. The van der Waals surface area contributed by atoms with Gasteiger partial charge in [0.05, 0.1) is 0 Å². The number of aromatic nitrogens is 2. The highest BCUT2D eigenvalue weighted by molar-refractivity contribution is 5.82. The molecular weight excluding hydrogens is 304 g/mol. The van der Waals surface area contributed by atoms with Gasteiger partial charge in [0, 0.05) is 42.8 Å². The van der Waals surface area contributed by atoms with Crippen LogP contribution in [0.2, 0.25) is 0 Å². The van der Waals surface area contributed by atoms with E-state index in [1.807, 2.05) is 25.1 Å². The van der Waals surface area contributed by atoms with Gasteiger partial charge < -0.3 is 15.3 Å². The van der Waals surface area contributed by atoms with Crippen molar-refractivity contribution in [1.82, 2.24) is 15.3 Å². The number of rotatable bonds is 4. The molecular formula is C18H22N4O2. The van der Waals surface area contributed by atoms with E-state index < -0.39 is 6.10 Å². The monoisotopic (exact) mass is 326 g/mol. The summed E-state index contributed by atoms with van der Waals surface area (Å²) in [6.45, 7) is 3.66. The molecule has 0 bridgehead atoms. The summed E-state index contributed by atoms with van der Waals surface area (Å²) in [6.07, 6.45) is 3.62. The lowest BCUT2D eigenvalue weighted by atomic mass is 10.0. The maximum absolute atomic E-state index is 12.2. The Morgan fingerprint density at radius 3 is 2.75 bits per heavy atom. The molecule has 0 radical (unpaired) electrons. The lowest BCUT2D eigenvalue weighted by Crippen LogP contribution is -2.46. The van der Waals surface area contributed by atoms with Gasteiger partial charge in [0.15, 0.2) is 6.10 Å². The molecule has 6 nitrogen and oxygen atoms in total. The predicted octanol–water partition coefficient (Wildman–Crippen LogP) is 1.60. The SMILES string of the molecule is Cc1cccc(N2CCC(NC(=O)C(O)c3cccnc3)CC2)n1. The zero-order valence-electron chi connectivity index (χ0n) is 13.7. The molecule has 6 heteroatoms. The number of aryl methyl sites for hydroxylation is 1. The molecule has 3 heterocycles. The Bertz CT molecular complexity index is 684. The van der Waals surface area contributed by atoms with Crippen molar-refractivity contribution >= 4 is 11.7 Å². The number of pyridine rings is 2. The third kappa shape index (κ3) is 3.89. The van der Waals surface area contributed by atoms with Crippen LogP contribution in [0.3, 0.4) is 0 Å². The van der Waals surface area contributed by atoms with Crippen LogP contribution < -0.4 is 10.2 Å². The number of carbonyl (C=O) groups is 1. The van der Waals surface area contributed by atoms with Gasteiger partial charge in [-0.2, -0.15) is 0 Å². The molecule has 3 rings (SSSR count). The largest absolute Gasteiger partial charge is 0.378 e. The third-order valence-electron chi connectivity index (χ3n) is 4.29. The molecule has 1 fully saturated rings. The van der Waals surface area contributed by atoms with Gasteiger partial charge in [-0.15, -0.1) is 0 Å². The van der Waals surface area contributed by atoms with E-state index in [9.17, 15) is 9.90 Å². The molecule has 126 valence electrons. The fourth-order valence-electron chi connectivity index (χ4n) is 2.93. The molecule has 0 spiro atoms. The molecule has 1 atom stereocenters. The van der Waals surface area contributed by atoms with E-state index in [0.717, 1.165) is 37.4 Å². The summed E-state index contributed by atoms with van der Waals surface area (Å²) in [5.41, 5.74) is 1.51. The number of nitrogens with one attached hydrogen (secondary N) is 1. The summed E-state index contributed by atoms with van der Waals surface area (Å²) in [7, 11) is 0. The standard InChI is InChI=1S/C18H22N4O2/c1-13-4-2-6-16(20-13)22-10-7-15(8-11-22)21-18(24)17(23)14-5-3-9-19-12-14/h2-6,9,12,15,17,23H,7-8,10-11H2,1H3,(H,21,24). The fourth-order valence-corrected chi connectivity index (χ4v) is 2.93. The van der Waals surface area contributed by atoms with E-state index in [1.54, 1.807) is 18.3 Å². The Hall–Kier alpha value is -2.47. The first-order valence-electron chi connectivity index (χ1n) is 8.20. The zero-order valence-corrected chi connectivity index (χ0v) is 13.7. The molecule has 1 unspecified atom stereocenters. The lowest BCUT2D eigenvalue weighted by Gasteiger charge is -2.33. The van der Waals surface area contributed by atoms with Crippen molar-refractivity contribution in [3.05, 3.63) is 54.0 Å². The van der Waals surface area contributed by atoms with Crippen LogP contribution in [0.25, 0.3) is 0 Å². The molecule has 0 aromatic carbocycles. The molecule has 1 saturated heterocycles. The van der Waals surface area contributed by atoms with Crippen LogP contribution in [0.1, 0.15) is 30.2 Å². The summed E-state index contributed by atoms with van der Waals surface area (Å²) in [6, 6.07) is 9.48. The van der Waals surface area contributed by atoms with Crippen molar-refractivity contribution in [1.29, 1.82) is 0 Å². The molecule has 0 saturated carbocycles. The maximum atomic E-state index is 12.2. The first kappa shape index (κ1) is 16.4. The van der Waals surface area contributed by atoms with Gasteiger partial charge in [0.1, 0.15) is 5.82 Å². The second-order valence-corrected chi connectivity index (χ2v) is 6.10. The zero-order chi connectivity index (χ0) is 16.9. The number of nitrogens with zero attached hydrogens (tertiary/aromatic N) is 3. The highest BCUT2D eigenvalue weighted by Crippen LogP contribution is 2.19. The second kappa shape index (κ2) is 7.40. The van der Waals surface area contributed by atoms with Crippen molar-refractivity contribution in [3.63, 3.8) is 0 Å². The van der Waals surface area contributed by atoms with Crippen LogP contribution in [0.4, 0.5) is 5.82 Å². The van der Waals surface area contributed by atoms with E-state index in [-0.39, 0.29) is 11.9 Å². The molecule has 0 aliphatic carbocycles. The molecule has 2 aromatic heterocycles. The van der Waals surface area contributed by atoms with E-state index >= 15 is 0 Å². The summed E-state index contributed by atoms with van der Waals surface area (Å²) < 4.78 is 0. The molecule has 24 heavy (non-hydrogen) atoms. The Morgan fingerprint density at radius 2 is 2.08 bits per heavy atom. The Balaban J connectivity index is 1.53. The van der Waals surface area contributed by atoms with Gasteiger partial charge in [-0.25, -0.2) is 4.98 Å². The van der Waals surface area contributed by atoms with Crippen LogP contribution >= 0.6 is 0 Å². The predicted molar refractivity (Wildman–Crippen MR) is 91.5 cm³/mol. The van der Waals surface area contributed by atoms with Gasteiger partial charge in [0.2, 0.25) is 0 Å². The van der Waals surface area contributed by atoms with Crippen LogP contribution in [0.5, 0.6) is 0 Å². The minimum Gasteiger partial charge on any atom is -0.378 e. The van der Waals surface area contributed by atoms with Crippen LogP contribution in [-0.2, 0) is 4.79 Å². The van der Waals surface area contributed by atoms with Crippen LogP contribution in [-0.4, -0.2) is 40.1 Å². The van der Waals surface area contributed by atoms with Crippen molar-refractivity contribution in [2.75, 3.05) is 18.0 Å². The molecule has 1 aliphatic rings. The average Bonchev–Trinajstić information content (AvgIpc) is 2.62. The molecule has 1 aliphatic heterocycles. The third-order valence-corrected chi connectivity index (χ3v) is 4.29. The highest BCUT2D eigenvalue weighted by Gasteiger charge is 2.25. The quantitative estimate of drug-likeness (QED) is 0.892. The Kier molecular flexibility index (Phi) is 5.05. The number of carbonyl (C=O) groups excluding carboxylic acids is 1. The van der Waals surface area contributed by atoms with E-state index in [1.165, 1.54) is 6.20 Å². The highest BCUT2D eigenvalue weighted by atomic mass is 16.3. The van der Waals surface area contributed by atoms with Crippen molar-refractivity contribution in [2.45, 2.75) is 31.9 Å². The number of hydrogen-bond acceptors (Lipinski definition) is 5. The maximum Gasteiger partial charge on any atom is 0.253 e. The Morgan fingerprint density at radius 1 is 1.29 bits per heavy atom. The van der Waals surface area contributed by atoms with Gasteiger partial charge in [0.25, 0.3) is 5.91 Å². The number of aliphatic hydroxyl groups is 1. The average molecular weight is 326 g/mol. The fraction of sp³-hybridized carbons (Fsp3) is 0.389. The van der Waals surface area contributed by atoms with Gasteiger partial charge >= 0.3 is 0 Å². The first-order valence-corrected chi connectivity index (χ1v) is 8.20. The first-order chi connectivity index (χ1) is 11.6. The minimum atomic E-state index is -1.17. The number of amides is 1. The smallest absolute Gasteiger partial charge is 0.253 e. The van der Waals surface area contributed by atoms with Crippen LogP contribution in [0, 0.1) is 6.92 Å². The summed E-state index contributed by atoms with van der Waals surface area (Å²) in [4.78, 5) is 22.9. The van der Waals surface area contributed by atoms with Crippen molar-refractivity contribution in [3.8, 4) is 0 Å². The van der Waals surface area contributed by atoms with Gasteiger partial charge in [-0.3, -0.25) is 9.78 Å². The van der Waals surface area contributed by atoms with E-state index in [0.29, 0.717) is 5.56 Å². The number of hydrogen-bond donors (Lipinski definition) is 2. The van der Waals surface area contributed by atoms with Crippen molar-refractivity contribution < 1.29 is 9.90 Å². The minimum absolute atomic E-state index is 0.0740. The van der Waals surface area contributed by atoms with Crippen molar-refractivity contribution in [2.24, 2.45) is 0 Å². The summed E-state index contributed by atoms with van der Waals surface area (Å²) >= 11 is 0. The van der Waals surface area contributed by atoms with E-state index in [4.69, 9.17) is 0 Å². The van der Waals surface area contributed by atoms with Gasteiger partial charge in [-0.1, -0.05) is 12.1 Å².